The monoisotopic (exact) mass is 272 g/mol. The van der Waals surface area contributed by atoms with Crippen molar-refractivity contribution in [3.05, 3.63) is 41.5 Å². The lowest BCUT2D eigenvalue weighted by molar-refractivity contribution is 0.628. The van der Waals surface area contributed by atoms with E-state index >= 15 is 0 Å². The topological polar surface area (TPSA) is 49.8 Å². The second kappa shape index (κ2) is 5.07. The van der Waals surface area contributed by atoms with Crippen LogP contribution in [0.25, 0.3) is 0 Å². The molecule has 4 nitrogen and oxygen atoms in total. The van der Waals surface area contributed by atoms with Crippen molar-refractivity contribution < 1.29 is 4.39 Å². The van der Waals surface area contributed by atoms with Crippen molar-refractivity contribution in [2.24, 2.45) is 0 Å². The molecule has 3 rings (SSSR count). The van der Waals surface area contributed by atoms with Crippen LogP contribution in [0.2, 0.25) is 0 Å². The predicted octanol–water partition coefficient (Wildman–Crippen LogP) is 3.59. The maximum Gasteiger partial charge on any atom is 0.136 e. The molecule has 0 aliphatic heterocycles. The van der Waals surface area contributed by atoms with Gasteiger partial charge < -0.3 is 10.6 Å². The first kappa shape index (κ1) is 12.8. The highest BCUT2D eigenvalue weighted by molar-refractivity contribution is 5.62. The summed E-state index contributed by atoms with van der Waals surface area (Å²) in [4.78, 5) is 8.98. The molecule has 2 aromatic rings. The highest BCUT2D eigenvalue weighted by atomic mass is 19.1. The highest BCUT2D eigenvalue weighted by Gasteiger charge is 2.27. The van der Waals surface area contributed by atoms with Gasteiger partial charge in [0.25, 0.3) is 0 Å². The molecular formula is C15H17FN4. The minimum Gasteiger partial charge on any atom is -0.373 e. The van der Waals surface area contributed by atoms with Crippen molar-refractivity contribution in [3.63, 3.8) is 0 Å². The summed E-state index contributed by atoms with van der Waals surface area (Å²) in [6.07, 6.45) is 2.29. The fraction of sp³-hybridized carbons (Fsp3) is 0.333. The normalized spacial score (nSPS) is 14.2. The summed E-state index contributed by atoms with van der Waals surface area (Å²) >= 11 is 0. The van der Waals surface area contributed by atoms with E-state index in [1.54, 1.807) is 6.07 Å². The van der Waals surface area contributed by atoms with Crippen LogP contribution in [0.3, 0.4) is 0 Å². The third-order valence-electron chi connectivity index (χ3n) is 3.40. The van der Waals surface area contributed by atoms with Gasteiger partial charge >= 0.3 is 0 Å². The second-order valence-corrected chi connectivity index (χ2v) is 5.11. The van der Waals surface area contributed by atoms with Crippen LogP contribution in [0.5, 0.6) is 0 Å². The van der Waals surface area contributed by atoms with Gasteiger partial charge in [-0.1, -0.05) is 6.07 Å². The molecule has 1 aliphatic rings. The molecule has 2 N–H and O–H groups in total. The molecular weight excluding hydrogens is 255 g/mol. The largest absolute Gasteiger partial charge is 0.373 e. The SMILES string of the molecule is CNc1cc(Nc2cc(F)ccc2C)nc(C2CC2)n1. The molecule has 1 heterocycles. The van der Waals surface area contributed by atoms with Gasteiger partial charge in [0.2, 0.25) is 0 Å². The number of aryl methyl sites for hydroxylation is 1. The van der Waals surface area contributed by atoms with E-state index in [-0.39, 0.29) is 5.82 Å². The molecule has 0 amide bonds. The van der Waals surface area contributed by atoms with Gasteiger partial charge in [-0.2, -0.15) is 0 Å². The van der Waals surface area contributed by atoms with Gasteiger partial charge in [-0.15, -0.1) is 0 Å². The summed E-state index contributed by atoms with van der Waals surface area (Å²) in [5.74, 6) is 2.53. The van der Waals surface area contributed by atoms with E-state index < -0.39 is 0 Å². The van der Waals surface area contributed by atoms with E-state index in [2.05, 4.69) is 20.6 Å². The minimum atomic E-state index is -0.261. The Labute approximate surface area is 117 Å². The molecule has 1 saturated carbocycles. The molecule has 0 spiro atoms. The minimum absolute atomic E-state index is 0.261. The number of rotatable bonds is 4. The summed E-state index contributed by atoms with van der Waals surface area (Å²) < 4.78 is 13.3. The zero-order chi connectivity index (χ0) is 14.1. The summed E-state index contributed by atoms with van der Waals surface area (Å²) in [5.41, 5.74) is 1.71. The maximum absolute atomic E-state index is 13.3. The molecule has 1 fully saturated rings. The van der Waals surface area contributed by atoms with Gasteiger partial charge in [-0.3, -0.25) is 0 Å². The lowest BCUT2D eigenvalue weighted by atomic mass is 10.2. The van der Waals surface area contributed by atoms with Gasteiger partial charge in [0.1, 0.15) is 23.3 Å². The van der Waals surface area contributed by atoms with E-state index in [1.807, 2.05) is 20.0 Å². The first-order chi connectivity index (χ1) is 9.65. The molecule has 1 aromatic carbocycles. The number of nitrogens with zero attached hydrogens (tertiary/aromatic N) is 2. The Balaban J connectivity index is 1.93. The summed E-state index contributed by atoms with van der Waals surface area (Å²) in [7, 11) is 1.83. The van der Waals surface area contributed by atoms with E-state index in [9.17, 15) is 4.39 Å². The molecule has 104 valence electrons. The van der Waals surface area contributed by atoms with Crippen molar-refractivity contribution in [1.82, 2.24) is 9.97 Å². The lowest BCUT2D eigenvalue weighted by Gasteiger charge is -2.11. The number of hydrogen-bond acceptors (Lipinski definition) is 4. The first-order valence-electron chi connectivity index (χ1n) is 6.75. The summed E-state index contributed by atoms with van der Waals surface area (Å²) in [6, 6.07) is 6.51. The average molecular weight is 272 g/mol. The van der Waals surface area contributed by atoms with E-state index in [4.69, 9.17) is 0 Å². The van der Waals surface area contributed by atoms with Crippen LogP contribution >= 0.6 is 0 Å². The van der Waals surface area contributed by atoms with Crippen LogP contribution in [0.4, 0.5) is 21.7 Å². The molecule has 0 atom stereocenters. The zero-order valence-corrected chi connectivity index (χ0v) is 11.6. The van der Waals surface area contributed by atoms with Crippen LogP contribution in [-0.2, 0) is 0 Å². The molecule has 20 heavy (non-hydrogen) atoms. The number of hydrogen-bond donors (Lipinski definition) is 2. The molecule has 5 heteroatoms. The maximum atomic E-state index is 13.3. The number of anilines is 3. The Morgan fingerprint density at radius 2 is 1.90 bits per heavy atom. The number of aromatic nitrogens is 2. The Morgan fingerprint density at radius 1 is 1.15 bits per heavy atom. The van der Waals surface area contributed by atoms with Crippen LogP contribution < -0.4 is 10.6 Å². The third-order valence-corrected chi connectivity index (χ3v) is 3.40. The average Bonchev–Trinajstić information content (AvgIpc) is 3.27. The van der Waals surface area contributed by atoms with Crippen molar-refractivity contribution in [3.8, 4) is 0 Å². The molecule has 0 saturated heterocycles. The smallest absolute Gasteiger partial charge is 0.136 e. The Morgan fingerprint density at radius 3 is 2.60 bits per heavy atom. The van der Waals surface area contributed by atoms with Gasteiger partial charge in [0.15, 0.2) is 0 Å². The van der Waals surface area contributed by atoms with E-state index in [0.29, 0.717) is 11.7 Å². The Kier molecular flexibility index (Phi) is 3.26. The van der Waals surface area contributed by atoms with Crippen LogP contribution in [-0.4, -0.2) is 17.0 Å². The Bertz CT molecular complexity index is 638. The second-order valence-electron chi connectivity index (χ2n) is 5.11. The van der Waals surface area contributed by atoms with Gasteiger partial charge in [0.05, 0.1) is 0 Å². The van der Waals surface area contributed by atoms with Crippen molar-refractivity contribution in [2.45, 2.75) is 25.7 Å². The van der Waals surface area contributed by atoms with Crippen LogP contribution in [0, 0.1) is 12.7 Å². The first-order valence-corrected chi connectivity index (χ1v) is 6.75. The standard InChI is InChI=1S/C15H17FN4/c1-9-3-6-11(16)7-12(9)18-14-8-13(17-2)19-15(20-14)10-4-5-10/h3,6-8,10H,4-5H2,1-2H3,(H2,17,18,19,20). The predicted molar refractivity (Wildman–Crippen MR) is 78.0 cm³/mol. The number of halogens is 1. The summed E-state index contributed by atoms with van der Waals surface area (Å²) in [5, 5.41) is 6.22. The van der Waals surface area contributed by atoms with Gasteiger partial charge in [-0.05, 0) is 37.5 Å². The molecule has 0 radical (unpaired) electrons. The lowest BCUT2D eigenvalue weighted by Crippen LogP contribution is -2.04. The molecule has 0 bridgehead atoms. The highest BCUT2D eigenvalue weighted by Crippen LogP contribution is 2.39. The van der Waals surface area contributed by atoms with Gasteiger partial charge in [0, 0.05) is 24.7 Å². The zero-order valence-electron chi connectivity index (χ0n) is 11.6. The molecule has 1 aliphatic carbocycles. The van der Waals surface area contributed by atoms with E-state index in [0.717, 1.165) is 35.7 Å². The summed E-state index contributed by atoms with van der Waals surface area (Å²) in [6.45, 7) is 1.93. The fourth-order valence-corrected chi connectivity index (χ4v) is 2.05. The Hall–Kier alpha value is -2.17. The van der Waals surface area contributed by atoms with E-state index in [1.165, 1.54) is 12.1 Å². The number of nitrogens with one attached hydrogen (secondary N) is 2. The van der Waals surface area contributed by atoms with Gasteiger partial charge in [-0.25, -0.2) is 14.4 Å². The van der Waals surface area contributed by atoms with Crippen LogP contribution in [0.15, 0.2) is 24.3 Å². The van der Waals surface area contributed by atoms with Crippen molar-refractivity contribution >= 4 is 17.3 Å². The fourth-order valence-electron chi connectivity index (χ4n) is 2.05. The third kappa shape index (κ3) is 2.71. The van der Waals surface area contributed by atoms with Crippen molar-refractivity contribution in [2.75, 3.05) is 17.7 Å². The van der Waals surface area contributed by atoms with Crippen LogP contribution in [0.1, 0.15) is 30.1 Å². The molecule has 1 aromatic heterocycles. The molecule has 0 unspecified atom stereocenters. The number of benzene rings is 1. The van der Waals surface area contributed by atoms with Crippen molar-refractivity contribution in [1.29, 1.82) is 0 Å². The quantitative estimate of drug-likeness (QED) is 0.893.